The second-order valence-electron chi connectivity index (χ2n) is 4.65. The van der Waals surface area contributed by atoms with Gasteiger partial charge in [-0.05, 0) is 28.1 Å². The molecule has 22 heavy (non-hydrogen) atoms. The smallest absolute Gasteiger partial charge is 0.264 e. The Bertz CT molecular complexity index is 869. The topological polar surface area (TPSA) is 69.6 Å². The van der Waals surface area contributed by atoms with Crippen LogP contribution in [0, 0.1) is 0 Å². The number of aromatic nitrogens is 5. The van der Waals surface area contributed by atoms with E-state index in [2.05, 4.69) is 20.5 Å². The van der Waals surface area contributed by atoms with E-state index in [-0.39, 0.29) is 0 Å². The third-order valence-electron chi connectivity index (χ3n) is 3.13. The number of para-hydroxylation sites is 2. The van der Waals surface area contributed by atoms with E-state index in [9.17, 15) is 0 Å². The molecular weight excluding hydrogens is 298 g/mol. The van der Waals surface area contributed by atoms with Gasteiger partial charge < -0.3 is 4.42 Å². The van der Waals surface area contributed by atoms with Crippen molar-refractivity contribution in [2.75, 3.05) is 0 Å². The van der Waals surface area contributed by atoms with Crippen molar-refractivity contribution >= 4 is 22.9 Å². The summed E-state index contributed by atoms with van der Waals surface area (Å²) in [5.41, 5.74) is 2.72. The summed E-state index contributed by atoms with van der Waals surface area (Å²) in [6.45, 7) is 0.608. The number of fused-ring (bicyclic) bond motifs is 1. The molecule has 2 heterocycles. The van der Waals surface area contributed by atoms with Crippen molar-refractivity contribution in [2.45, 2.75) is 16.9 Å². The summed E-state index contributed by atoms with van der Waals surface area (Å²) in [7, 11) is 0. The Morgan fingerprint density at radius 2 is 1.82 bits per heavy atom. The average Bonchev–Trinajstić information content (AvgIpc) is 3.15. The quantitative estimate of drug-likeness (QED) is 0.577. The molecule has 0 fully saturated rings. The fraction of sp³-hybridized carbons (Fsp3) is 0.0667. The van der Waals surface area contributed by atoms with Crippen LogP contribution in [-0.2, 0) is 6.54 Å². The summed E-state index contributed by atoms with van der Waals surface area (Å²) in [4.78, 5) is 4.42. The van der Waals surface area contributed by atoms with E-state index in [1.54, 1.807) is 4.68 Å². The van der Waals surface area contributed by atoms with Gasteiger partial charge in [0.1, 0.15) is 5.52 Å². The van der Waals surface area contributed by atoms with E-state index in [4.69, 9.17) is 4.42 Å². The minimum atomic E-state index is 0.533. The average molecular weight is 309 g/mol. The number of nitrogens with zero attached hydrogens (tertiary/aromatic N) is 5. The van der Waals surface area contributed by atoms with Crippen molar-refractivity contribution in [3.05, 3.63) is 60.2 Å². The van der Waals surface area contributed by atoms with Crippen molar-refractivity contribution in [3.8, 4) is 0 Å². The van der Waals surface area contributed by atoms with Gasteiger partial charge in [-0.2, -0.15) is 0 Å². The zero-order chi connectivity index (χ0) is 14.8. The van der Waals surface area contributed by atoms with Gasteiger partial charge in [-0.25, -0.2) is 9.67 Å². The van der Waals surface area contributed by atoms with Crippen molar-refractivity contribution < 1.29 is 4.42 Å². The SMILES string of the molecule is c1ccc(Cn2nnnc2Sc2nc3ccccc3o2)cc1. The lowest BCUT2D eigenvalue weighted by molar-refractivity contribution is 0.487. The van der Waals surface area contributed by atoms with Crippen LogP contribution in [0.5, 0.6) is 0 Å². The summed E-state index contributed by atoms with van der Waals surface area (Å²) in [6, 6.07) is 17.7. The molecule has 0 aliphatic heterocycles. The molecule has 6 nitrogen and oxygen atoms in total. The maximum absolute atomic E-state index is 5.69. The van der Waals surface area contributed by atoms with Crippen LogP contribution in [-0.4, -0.2) is 25.2 Å². The van der Waals surface area contributed by atoms with Crippen molar-refractivity contribution in [1.82, 2.24) is 25.2 Å². The van der Waals surface area contributed by atoms with Gasteiger partial charge in [-0.1, -0.05) is 42.5 Å². The highest BCUT2D eigenvalue weighted by Crippen LogP contribution is 2.28. The normalized spacial score (nSPS) is 11.1. The lowest BCUT2D eigenvalue weighted by atomic mass is 10.2. The molecule has 0 N–H and O–H groups in total. The summed E-state index contributed by atoms with van der Waals surface area (Å²) in [5, 5.41) is 13.0. The summed E-state index contributed by atoms with van der Waals surface area (Å²) >= 11 is 1.31. The van der Waals surface area contributed by atoms with E-state index in [0.29, 0.717) is 16.9 Å². The van der Waals surface area contributed by atoms with Gasteiger partial charge >= 0.3 is 0 Å². The Labute approximate surface area is 130 Å². The van der Waals surface area contributed by atoms with Crippen LogP contribution in [0.25, 0.3) is 11.1 Å². The second-order valence-corrected chi connectivity index (χ2v) is 5.57. The molecule has 0 amide bonds. The van der Waals surface area contributed by atoms with Gasteiger partial charge in [-0.15, -0.1) is 5.10 Å². The molecule has 0 radical (unpaired) electrons. The molecule has 2 aromatic heterocycles. The summed E-state index contributed by atoms with van der Waals surface area (Å²) in [6.07, 6.45) is 0. The van der Waals surface area contributed by atoms with Gasteiger partial charge in [0.15, 0.2) is 5.58 Å². The first kappa shape index (κ1) is 13.0. The first-order valence-electron chi connectivity index (χ1n) is 6.72. The maximum atomic E-state index is 5.69. The van der Waals surface area contributed by atoms with E-state index < -0.39 is 0 Å². The molecule has 0 spiro atoms. The first-order chi connectivity index (χ1) is 10.9. The fourth-order valence-electron chi connectivity index (χ4n) is 2.10. The van der Waals surface area contributed by atoms with Crippen LogP contribution in [0.15, 0.2) is 69.4 Å². The predicted octanol–water partition coefficient (Wildman–Crippen LogP) is 3.01. The minimum absolute atomic E-state index is 0.533. The largest absolute Gasteiger partial charge is 0.431 e. The number of hydrogen-bond acceptors (Lipinski definition) is 6. The van der Waals surface area contributed by atoms with Crippen LogP contribution >= 0.6 is 11.8 Å². The molecular formula is C15H11N5OS. The molecule has 2 aromatic carbocycles. The Hall–Kier alpha value is -2.67. The fourth-order valence-corrected chi connectivity index (χ4v) is 2.81. The number of hydrogen-bond donors (Lipinski definition) is 0. The Balaban J connectivity index is 1.60. The van der Waals surface area contributed by atoms with E-state index in [1.165, 1.54) is 11.8 Å². The lowest BCUT2D eigenvalue weighted by Gasteiger charge is -2.02. The molecule has 0 bridgehead atoms. The first-order valence-corrected chi connectivity index (χ1v) is 7.54. The highest BCUT2D eigenvalue weighted by molar-refractivity contribution is 7.99. The number of benzene rings is 2. The molecule has 0 unspecified atom stereocenters. The summed E-state index contributed by atoms with van der Waals surface area (Å²) in [5.74, 6) is 0. The Morgan fingerprint density at radius 3 is 2.68 bits per heavy atom. The third kappa shape index (κ3) is 2.58. The number of tetrazole rings is 1. The molecule has 0 aliphatic carbocycles. The molecule has 0 aliphatic rings. The molecule has 7 heteroatoms. The summed E-state index contributed by atoms with van der Waals surface area (Å²) < 4.78 is 7.42. The van der Waals surface area contributed by atoms with Gasteiger partial charge in [0.2, 0.25) is 5.16 Å². The second kappa shape index (κ2) is 5.61. The van der Waals surface area contributed by atoms with Crippen molar-refractivity contribution in [3.63, 3.8) is 0 Å². The molecule has 4 rings (SSSR count). The Morgan fingerprint density at radius 1 is 1.00 bits per heavy atom. The van der Waals surface area contributed by atoms with Crippen molar-refractivity contribution in [2.24, 2.45) is 0 Å². The molecule has 0 atom stereocenters. The van der Waals surface area contributed by atoms with E-state index >= 15 is 0 Å². The highest BCUT2D eigenvalue weighted by atomic mass is 32.2. The molecule has 4 aromatic rings. The van der Waals surface area contributed by atoms with Crippen LogP contribution in [0.3, 0.4) is 0 Å². The molecule has 108 valence electrons. The van der Waals surface area contributed by atoms with Gasteiger partial charge in [0.25, 0.3) is 5.22 Å². The third-order valence-corrected chi connectivity index (χ3v) is 3.95. The maximum Gasteiger partial charge on any atom is 0.264 e. The lowest BCUT2D eigenvalue weighted by Crippen LogP contribution is -2.03. The van der Waals surface area contributed by atoms with Crippen LogP contribution in [0.1, 0.15) is 5.56 Å². The predicted molar refractivity (Wildman–Crippen MR) is 81.5 cm³/mol. The zero-order valence-electron chi connectivity index (χ0n) is 11.5. The van der Waals surface area contributed by atoms with Gasteiger partial charge in [0, 0.05) is 11.8 Å². The zero-order valence-corrected chi connectivity index (χ0v) is 12.3. The molecule has 0 saturated carbocycles. The van der Waals surface area contributed by atoms with Crippen LogP contribution < -0.4 is 0 Å². The monoisotopic (exact) mass is 309 g/mol. The van der Waals surface area contributed by atoms with Crippen LogP contribution in [0.2, 0.25) is 0 Å². The van der Waals surface area contributed by atoms with E-state index in [1.807, 2.05) is 54.6 Å². The molecule has 0 saturated heterocycles. The highest BCUT2D eigenvalue weighted by Gasteiger charge is 2.13. The standard InChI is InChI=1S/C15H11N5OS/c1-2-6-11(7-3-1)10-20-14(17-18-19-20)22-15-16-12-8-4-5-9-13(12)21-15/h1-9H,10H2. The number of oxazole rings is 1. The van der Waals surface area contributed by atoms with Gasteiger partial charge in [0.05, 0.1) is 6.54 Å². The van der Waals surface area contributed by atoms with Crippen molar-refractivity contribution in [1.29, 1.82) is 0 Å². The minimum Gasteiger partial charge on any atom is -0.431 e. The van der Waals surface area contributed by atoms with E-state index in [0.717, 1.165) is 16.7 Å². The van der Waals surface area contributed by atoms with Crippen LogP contribution in [0.4, 0.5) is 0 Å². The Kier molecular flexibility index (Phi) is 3.32. The van der Waals surface area contributed by atoms with Gasteiger partial charge in [-0.3, -0.25) is 0 Å². The number of rotatable bonds is 4.